The molecule has 0 amide bonds. The number of hydrogen-bond donors (Lipinski definition) is 1. The van der Waals surface area contributed by atoms with Crippen LogP contribution in [-0.4, -0.2) is 15.9 Å². The van der Waals surface area contributed by atoms with Crippen molar-refractivity contribution in [3.8, 4) is 11.3 Å². The van der Waals surface area contributed by atoms with Gasteiger partial charge < -0.3 is 10.1 Å². The van der Waals surface area contributed by atoms with E-state index in [1.54, 1.807) is 0 Å². The Morgan fingerprint density at radius 1 is 1.00 bits per heavy atom. The maximum Gasteiger partial charge on any atom is 0.164 e. The number of aryl methyl sites for hydroxylation is 2. The average Bonchev–Trinajstić information content (AvgIpc) is 3.36. The van der Waals surface area contributed by atoms with E-state index in [-0.39, 0.29) is 37.1 Å². The van der Waals surface area contributed by atoms with E-state index in [0.29, 0.717) is 5.92 Å². The molecule has 1 fully saturated rings. The number of aliphatic hydroxyl groups excluding tert-OH is 1. The average molecular weight is 705 g/mol. The van der Waals surface area contributed by atoms with E-state index in [1.165, 1.54) is 59.2 Å². The number of fused-ring (bicyclic) bond motifs is 1. The first kappa shape index (κ1) is 32.9. The van der Waals surface area contributed by atoms with Crippen LogP contribution in [0.3, 0.4) is 0 Å². The summed E-state index contributed by atoms with van der Waals surface area (Å²) in [6.07, 6.45) is 8.85. The zero-order valence-electron chi connectivity index (χ0n) is 25.2. The molecule has 1 aromatic heterocycles. The summed E-state index contributed by atoms with van der Waals surface area (Å²) in [5.41, 5.74) is 5.28. The van der Waals surface area contributed by atoms with E-state index in [0.717, 1.165) is 17.2 Å². The fourth-order valence-electron chi connectivity index (χ4n) is 5.00. The number of aliphatic hydroxyl groups is 1. The maximum atomic E-state index is 11.5. The van der Waals surface area contributed by atoms with E-state index in [2.05, 4.69) is 68.2 Å². The SMILES string of the molecule is CC(C)(C)C(=O)/C=C(\O)C(C)(C)C.Cc1[c-]c(-c2nccc3cc(C(C)C4CCCC4)ccc23)cc(C)c1.[Ir]. The second-order valence-electron chi connectivity index (χ2n) is 13.1. The van der Waals surface area contributed by atoms with Crippen LogP contribution in [0.4, 0.5) is 0 Å². The Morgan fingerprint density at radius 2 is 1.64 bits per heavy atom. The Bertz CT molecular complexity index is 1280. The van der Waals surface area contributed by atoms with E-state index in [4.69, 9.17) is 0 Å². The van der Waals surface area contributed by atoms with Crippen LogP contribution in [-0.2, 0) is 24.9 Å². The fraction of sp³-hybridized carbons (Fsp3) is 0.486. The van der Waals surface area contributed by atoms with Crippen LogP contribution < -0.4 is 0 Å². The number of carbonyl (C=O) groups excluding carboxylic acids is 1. The molecule has 4 heteroatoms. The molecule has 1 aliphatic rings. The first-order valence-corrected chi connectivity index (χ1v) is 14.0. The molecule has 0 spiro atoms. The van der Waals surface area contributed by atoms with Gasteiger partial charge in [-0.25, -0.2) is 0 Å². The molecule has 3 aromatic rings. The third kappa shape index (κ3) is 8.85. The largest absolute Gasteiger partial charge is 0.512 e. The Hall–Kier alpha value is -2.29. The maximum absolute atomic E-state index is 11.5. The molecule has 213 valence electrons. The predicted octanol–water partition coefficient (Wildman–Crippen LogP) is 9.70. The molecular weight excluding hydrogens is 659 g/mol. The minimum absolute atomic E-state index is 0. The molecule has 1 heterocycles. The molecular formula is C35H46IrNO2-. The predicted molar refractivity (Wildman–Crippen MR) is 160 cm³/mol. The standard InChI is InChI=1S/C24H26N.C11H20O2.Ir/c1-16-12-17(2)14-22(13-16)24-23-9-8-20(15-21(23)10-11-25-24)18(3)19-6-4-5-7-19;1-10(2,3)8(12)7-9(13)11(4,5)6;/h8-13,15,18-19H,4-7H2,1-3H3;7,12H,1-6H3;/q-1;;/b;8-7-;. The van der Waals surface area contributed by atoms with Crippen molar-refractivity contribution in [2.75, 3.05) is 0 Å². The van der Waals surface area contributed by atoms with Crippen LogP contribution in [0, 0.1) is 36.7 Å². The van der Waals surface area contributed by atoms with Crippen LogP contribution in [0.1, 0.15) is 96.8 Å². The normalized spacial score (nSPS) is 15.4. The molecule has 1 saturated carbocycles. The summed E-state index contributed by atoms with van der Waals surface area (Å²) in [5.74, 6) is 1.61. The van der Waals surface area contributed by atoms with Crippen molar-refractivity contribution < 1.29 is 30.0 Å². The molecule has 4 rings (SSSR count). The van der Waals surface area contributed by atoms with Gasteiger partial charge in [-0.05, 0) is 52.8 Å². The number of hydrogen-bond acceptors (Lipinski definition) is 3. The van der Waals surface area contributed by atoms with E-state index in [9.17, 15) is 9.90 Å². The van der Waals surface area contributed by atoms with Crippen LogP contribution in [0.25, 0.3) is 22.0 Å². The van der Waals surface area contributed by atoms with Gasteiger partial charge in [0, 0.05) is 43.2 Å². The van der Waals surface area contributed by atoms with Crippen molar-refractivity contribution in [1.82, 2.24) is 4.98 Å². The zero-order chi connectivity index (χ0) is 28.3. The van der Waals surface area contributed by atoms with Crippen LogP contribution in [0.15, 0.2) is 54.4 Å². The number of nitrogens with zero attached hydrogens (tertiary/aromatic N) is 1. The van der Waals surface area contributed by atoms with Crippen LogP contribution in [0.5, 0.6) is 0 Å². The van der Waals surface area contributed by atoms with Gasteiger partial charge in [-0.15, -0.1) is 34.9 Å². The first-order chi connectivity index (χ1) is 17.7. The molecule has 0 aliphatic heterocycles. The van der Waals surface area contributed by atoms with Gasteiger partial charge in [-0.2, -0.15) is 0 Å². The first-order valence-electron chi connectivity index (χ1n) is 14.0. The van der Waals surface area contributed by atoms with Crippen LogP contribution >= 0.6 is 0 Å². The van der Waals surface area contributed by atoms with Crippen molar-refractivity contribution in [1.29, 1.82) is 0 Å². The molecule has 39 heavy (non-hydrogen) atoms. The Morgan fingerprint density at radius 3 is 2.21 bits per heavy atom. The smallest absolute Gasteiger partial charge is 0.164 e. The van der Waals surface area contributed by atoms with Gasteiger partial charge in [0.1, 0.15) is 5.76 Å². The molecule has 1 radical (unpaired) electrons. The number of benzene rings is 2. The second-order valence-corrected chi connectivity index (χ2v) is 13.1. The summed E-state index contributed by atoms with van der Waals surface area (Å²) >= 11 is 0. The number of rotatable bonds is 4. The number of carbonyl (C=O) groups is 1. The van der Waals surface area contributed by atoms with Gasteiger partial charge in [0.25, 0.3) is 0 Å². The molecule has 0 saturated heterocycles. The summed E-state index contributed by atoms with van der Waals surface area (Å²) < 4.78 is 0. The van der Waals surface area contributed by atoms with Crippen molar-refractivity contribution in [2.45, 2.75) is 93.9 Å². The van der Waals surface area contributed by atoms with Crippen molar-refractivity contribution in [2.24, 2.45) is 16.7 Å². The number of ketones is 1. The minimum Gasteiger partial charge on any atom is -0.512 e. The molecule has 3 nitrogen and oxygen atoms in total. The van der Waals surface area contributed by atoms with Crippen molar-refractivity contribution in [3.63, 3.8) is 0 Å². The third-order valence-electron chi connectivity index (χ3n) is 7.60. The summed E-state index contributed by atoms with van der Waals surface area (Å²) in [4.78, 5) is 16.2. The van der Waals surface area contributed by atoms with Gasteiger partial charge in [0.2, 0.25) is 0 Å². The molecule has 2 aromatic carbocycles. The molecule has 1 N–H and O–H groups in total. The van der Waals surface area contributed by atoms with E-state index < -0.39 is 5.41 Å². The van der Waals surface area contributed by atoms with Crippen molar-refractivity contribution in [3.05, 3.63) is 77.2 Å². The molecule has 1 unspecified atom stereocenters. The van der Waals surface area contributed by atoms with E-state index in [1.807, 2.05) is 47.7 Å². The van der Waals surface area contributed by atoms with Gasteiger partial charge >= 0.3 is 0 Å². The number of allylic oxidation sites excluding steroid dienone is 2. The minimum atomic E-state index is -0.417. The quantitative estimate of drug-likeness (QED) is 0.167. The van der Waals surface area contributed by atoms with Crippen LogP contribution in [0.2, 0.25) is 0 Å². The molecule has 1 aliphatic carbocycles. The van der Waals surface area contributed by atoms with Crippen molar-refractivity contribution >= 4 is 16.6 Å². The molecule has 1 atom stereocenters. The topological polar surface area (TPSA) is 50.2 Å². The fourth-order valence-corrected chi connectivity index (χ4v) is 5.00. The zero-order valence-corrected chi connectivity index (χ0v) is 27.6. The van der Waals surface area contributed by atoms with Gasteiger partial charge in [-0.1, -0.05) is 93.4 Å². The Labute approximate surface area is 249 Å². The van der Waals surface area contributed by atoms with Gasteiger partial charge in [0.05, 0.1) is 0 Å². The number of pyridine rings is 1. The Kier molecular flexibility index (Phi) is 11.3. The third-order valence-corrected chi connectivity index (χ3v) is 7.60. The summed E-state index contributed by atoms with van der Waals surface area (Å²) in [5, 5.41) is 12.1. The monoisotopic (exact) mass is 705 g/mol. The summed E-state index contributed by atoms with van der Waals surface area (Å²) in [6, 6.07) is 16.9. The van der Waals surface area contributed by atoms with Gasteiger partial charge in [0.15, 0.2) is 5.78 Å². The summed E-state index contributed by atoms with van der Waals surface area (Å²) in [7, 11) is 0. The second kappa shape index (κ2) is 13.4. The molecule has 0 bridgehead atoms. The Balaban J connectivity index is 0.000000328. The summed E-state index contributed by atoms with van der Waals surface area (Å²) in [6.45, 7) is 17.8. The van der Waals surface area contributed by atoms with E-state index >= 15 is 0 Å². The number of aromatic nitrogens is 1. The van der Waals surface area contributed by atoms with Gasteiger partial charge in [-0.3, -0.25) is 4.79 Å².